The maximum atomic E-state index is 14.6. The van der Waals surface area contributed by atoms with Gasteiger partial charge in [0.15, 0.2) is 5.75 Å². The van der Waals surface area contributed by atoms with Crippen LogP contribution in [0.25, 0.3) is 22.0 Å². The summed E-state index contributed by atoms with van der Waals surface area (Å²) in [5, 5.41) is 10.1. The Morgan fingerprint density at radius 1 is 1.11 bits per heavy atom. The van der Waals surface area contributed by atoms with Crippen LogP contribution >= 0.6 is 0 Å². The summed E-state index contributed by atoms with van der Waals surface area (Å²) in [6, 6.07) is 5.83. The van der Waals surface area contributed by atoms with E-state index in [4.69, 9.17) is 9.47 Å². The van der Waals surface area contributed by atoms with E-state index >= 15 is 0 Å². The second-order valence-corrected chi connectivity index (χ2v) is 17.7. The van der Waals surface area contributed by atoms with Crippen molar-refractivity contribution in [3.05, 3.63) is 77.9 Å². The number of hydrogen-bond acceptors (Lipinski definition) is 11. The lowest BCUT2D eigenvalue weighted by Crippen LogP contribution is -2.60. The van der Waals surface area contributed by atoms with E-state index in [0.717, 1.165) is 5.39 Å². The Morgan fingerprint density at radius 2 is 1.89 bits per heavy atom. The van der Waals surface area contributed by atoms with Crippen molar-refractivity contribution in [2.45, 2.75) is 81.8 Å². The predicted octanol–water partition coefficient (Wildman–Crippen LogP) is 2.75. The standard InChI is InChI=1S/C39H45N7O9S/c1-5-25-20-39(25,36(50)44-56(52,53)27-13-14-27)43-33(47)29-19-26-22-45(29)35(49)32(38(2,3)4)42-37(51)55-17-8-6-7-16-54-30-21-41-46(26)34(48)31(30)24-12-11-23-10-9-15-40-28(23)18-24/h5-6,8-12,15,18,21,25-27,29,32H,1,7,13-14,16-17,19-20,22H2,2-4H3,(H,42,51)(H,43,47)(H,44,50)/b8-6+/t25?,26-,29+,32-,39?/m1/s1. The van der Waals surface area contributed by atoms with E-state index < -0.39 is 79.6 Å². The molecular weight excluding hydrogens is 743 g/mol. The van der Waals surface area contributed by atoms with E-state index in [1.165, 1.54) is 21.9 Å². The van der Waals surface area contributed by atoms with Crippen LogP contribution in [-0.4, -0.2) is 94.5 Å². The third kappa shape index (κ3) is 7.63. The van der Waals surface area contributed by atoms with Crippen LogP contribution in [0.1, 0.15) is 58.9 Å². The summed E-state index contributed by atoms with van der Waals surface area (Å²) < 4.78 is 40.3. The van der Waals surface area contributed by atoms with E-state index in [2.05, 4.69) is 32.0 Å². The highest BCUT2D eigenvalue weighted by atomic mass is 32.2. The van der Waals surface area contributed by atoms with Gasteiger partial charge in [-0.25, -0.2) is 17.9 Å². The zero-order valence-electron chi connectivity index (χ0n) is 31.4. The number of benzene rings is 1. The van der Waals surface area contributed by atoms with Gasteiger partial charge in [-0.3, -0.25) is 28.9 Å². The number of aromatic nitrogens is 3. The Morgan fingerprint density at radius 3 is 2.61 bits per heavy atom. The highest BCUT2D eigenvalue weighted by molar-refractivity contribution is 7.91. The molecule has 3 N–H and O–H groups in total. The Kier molecular flexibility index (Phi) is 10.2. The van der Waals surface area contributed by atoms with E-state index in [9.17, 15) is 32.4 Å². The summed E-state index contributed by atoms with van der Waals surface area (Å²) in [4.78, 5) is 75.9. The molecule has 4 amide bonds. The Labute approximate surface area is 323 Å². The van der Waals surface area contributed by atoms with Gasteiger partial charge in [-0.15, -0.1) is 6.58 Å². The summed E-state index contributed by atoms with van der Waals surface area (Å²) in [7, 11) is -3.95. The zero-order chi connectivity index (χ0) is 40.0. The highest BCUT2D eigenvalue weighted by Gasteiger charge is 2.62. The first-order chi connectivity index (χ1) is 26.6. The molecule has 3 aliphatic heterocycles. The van der Waals surface area contributed by atoms with Gasteiger partial charge in [0.05, 0.1) is 35.2 Å². The summed E-state index contributed by atoms with van der Waals surface area (Å²) in [5.74, 6) is -2.62. The quantitative estimate of drug-likeness (QED) is 0.297. The van der Waals surface area contributed by atoms with Crippen LogP contribution in [0.3, 0.4) is 0 Å². The van der Waals surface area contributed by atoms with E-state index in [-0.39, 0.29) is 43.9 Å². The molecular formula is C39H45N7O9S. The third-order valence-corrected chi connectivity index (χ3v) is 12.5. The molecule has 0 radical (unpaired) electrons. The van der Waals surface area contributed by atoms with Gasteiger partial charge < -0.3 is 25.0 Å². The monoisotopic (exact) mass is 787 g/mol. The number of fused-ring (bicyclic) bond motifs is 12. The van der Waals surface area contributed by atoms with Gasteiger partial charge in [-0.2, -0.15) is 5.10 Å². The van der Waals surface area contributed by atoms with Crippen molar-refractivity contribution >= 4 is 44.7 Å². The Bertz CT molecular complexity index is 2300. The smallest absolute Gasteiger partial charge is 0.408 e. The molecule has 4 bridgehead atoms. The molecule has 2 aliphatic carbocycles. The van der Waals surface area contributed by atoms with Crippen molar-refractivity contribution in [2.75, 3.05) is 19.8 Å². The van der Waals surface area contributed by atoms with Gasteiger partial charge in [-0.1, -0.05) is 57.2 Å². The minimum Gasteiger partial charge on any atom is -0.491 e. The molecule has 17 heteroatoms. The van der Waals surface area contributed by atoms with Crippen molar-refractivity contribution in [2.24, 2.45) is 11.3 Å². The van der Waals surface area contributed by atoms with Crippen LogP contribution in [0.2, 0.25) is 0 Å². The van der Waals surface area contributed by atoms with Gasteiger partial charge in [0.25, 0.3) is 11.5 Å². The molecule has 5 heterocycles. The average molecular weight is 788 g/mol. The molecule has 1 saturated heterocycles. The molecule has 1 aromatic carbocycles. The van der Waals surface area contributed by atoms with Crippen LogP contribution in [0.4, 0.5) is 4.79 Å². The maximum Gasteiger partial charge on any atom is 0.408 e. The lowest BCUT2D eigenvalue weighted by molar-refractivity contribution is -0.142. The minimum atomic E-state index is -3.95. The zero-order valence-corrected chi connectivity index (χ0v) is 32.2. The number of sulfonamides is 1. The number of nitrogens with one attached hydrogen (secondary N) is 3. The molecule has 2 saturated carbocycles. The van der Waals surface area contributed by atoms with Crippen LogP contribution in [0.5, 0.6) is 5.75 Å². The topological polar surface area (TPSA) is 208 Å². The lowest BCUT2D eigenvalue weighted by Gasteiger charge is -2.35. The van der Waals surface area contributed by atoms with E-state index in [1.54, 1.807) is 51.3 Å². The first kappa shape index (κ1) is 38.7. The van der Waals surface area contributed by atoms with Gasteiger partial charge in [0.1, 0.15) is 24.2 Å². The van der Waals surface area contributed by atoms with E-state index in [0.29, 0.717) is 30.3 Å². The fourth-order valence-corrected chi connectivity index (χ4v) is 8.70. The fraction of sp³-hybridized carbons (Fsp3) is 0.462. The van der Waals surface area contributed by atoms with Crippen molar-refractivity contribution in [3.8, 4) is 16.9 Å². The second kappa shape index (κ2) is 14.8. The van der Waals surface area contributed by atoms with Crippen molar-refractivity contribution in [1.29, 1.82) is 0 Å². The predicted molar refractivity (Wildman–Crippen MR) is 205 cm³/mol. The number of amides is 4. The molecule has 8 rings (SSSR count). The van der Waals surface area contributed by atoms with E-state index in [1.807, 2.05) is 18.2 Å². The number of carbonyl (C=O) groups is 4. The largest absolute Gasteiger partial charge is 0.491 e. The van der Waals surface area contributed by atoms with Gasteiger partial charge in [-0.05, 0) is 48.8 Å². The first-order valence-corrected chi connectivity index (χ1v) is 20.2. The second-order valence-electron chi connectivity index (χ2n) is 15.8. The molecule has 3 aromatic rings. The van der Waals surface area contributed by atoms with Gasteiger partial charge in [0.2, 0.25) is 21.8 Å². The molecule has 3 fully saturated rings. The summed E-state index contributed by atoms with van der Waals surface area (Å²) in [5.41, 5.74) is -1.63. The number of carbonyl (C=O) groups excluding carboxylic acids is 4. The van der Waals surface area contributed by atoms with Crippen molar-refractivity contribution in [1.82, 2.24) is 35.0 Å². The number of alkyl carbamates (subject to hydrolysis) is 1. The molecule has 296 valence electrons. The van der Waals surface area contributed by atoms with Crippen LogP contribution in [-0.2, 0) is 29.1 Å². The van der Waals surface area contributed by atoms with Crippen molar-refractivity contribution in [3.63, 3.8) is 0 Å². The first-order valence-electron chi connectivity index (χ1n) is 18.6. The minimum absolute atomic E-state index is 0.0915. The molecule has 56 heavy (non-hydrogen) atoms. The van der Waals surface area contributed by atoms with Crippen LogP contribution in [0.15, 0.2) is 72.3 Å². The summed E-state index contributed by atoms with van der Waals surface area (Å²) >= 11 is 0. The number of nitrogens with zero attached hydrogens (tertiary/aromatic N) is 4. The van der Waals surface area contributed by atoms with Gasteiger partial charge >= 0.3 is 6.09 Å². The molecule has 0 spiro atoms. The van der Waals surface area contributed by atoms with Crippen LogP contribution < -0.4 is 25.7 Å². The van der Waals surface area contributed by atoms with Gasteiger partial charge in [0, 0.05) is 30.5 Å². The van der Waals surface area contributed by atoms with Crippen molar-refractivity contribution < 1.29 is 37.1 Å². The highest BCUT2D eigenvalue weighted by Crippen LogP contribution is 2.46. The summed E-state index contributed by atoms with van der Waals surface area (Å²) in [6.07, 6.45) is 8.38. The fourth-order valence-electron chi connectivity index (χ4n) is 7.33. The number of pyridine rings is 1. The number of ether oxygens (including phenoxy) is 2. The molecule has 16 nitrogen and oxygen atoms in total. The number of hydrogen-bond donors (Lipinski definition) is 3. The summed E-state index contributed by atoms with van der Waals surface area (Å²) in [6.45, 7) is 8.92. The normalized spacial score (nSPS) is 26.2. The average Bonchev–Trinajstić information content (AvgIpc) is 4.08. The molecule has 5 atom stereocenters. The number of rotatable bonds is 7. The van der Waals surface area contributed by atoms with Crippen LogP contribution in [0, 0.1) is 11.3 Å². The SMILES string of the molecule is C=CC1CC1(NC(=O)[C@@H]1C[C@@H]2CN1C(=O)[C@H](C(C)(C)C)NC(=O)OC/C=C/CCOc1cnn2c(=O)c1-c1ccc2cccnc2c1)C(=O)NS(=O)(=O)C1CC1. The maximum absolute atomic E-state index is 14.6. The molecule has 2 aromatic heterocycles. The Balaban J connectivity index is 1.29. The lowest BCUT2D eigenvalue weighted by atomic mass is 9.85. The molecule has 2 unspecified atom stereocenters. The molecule has 5 aliphatic rings. The Hall–Kier alpha value is -5.58. The third-order valence-electron chi connectivity index (χ3n) is 10.7.